The Labute approximate surface area is 200 Å². The van der Waals surface area contributed by atoms with Crippen molar-refractivity contribution in [1.82, 2.24) is 5.32 Å². The maximum Gasteiger partial charge on any atom is 0.121 e. The molecule has 0 unspecified atom stereocenters. The molecule has 34 heavy (non-hydrogen) atoms. The van der Waals surface area contributed by atoms with E-state index in [4.69, 9.17) is 14.2 Å². The van der Waals surface area contributed by atoms with Crippen LogP contribution in [-0.2, 0) is 6.61 Å². The minimum Gasteiger partial charge on any atom is -0.508 e. The Morgan fingerprint density at radius 1 is 0.824 bits per heavy atom. The first-order valence-corrected chi connectivity index (χ1v) is 11.3. The van der Waals surface area contributed by atoms with Crippen LogP contribution in [0.3, 0.4) is 0 Å². The highest BCUT2D eigenvalue weighted by atomic mass is 16.5. The van der Waals surface area contributed by atoms with E-state index in [2.05, 4.69) is 29.6 Å². The topological polar surface area (TPSA) is 100 Å². The van der Waals surface area contributed by atoms with Crippen LogP contribution in [0.5, 0.6) is 23.0 Å². The molecule has 182 valence electrons. The zero-order valence-corrected chi connectivity index (χ0v) is 19.6. The number of ether oxygens (including phenoxy) is 3. The van der Waals surface area contributed by atoms with E-state index in [1.165, 1.54) is 17.2 Å². The number of benzene rings is 3. The molecule has 0 aliphatic rings. The standard InChI is InChI=1S/C27H33NO6/c1-32-23-7-3-19(4-8-23)26(20-5-9-24(33-2)10-6-20)13-14-28-16-22(30)18-34-25-11-12-27(31)21(15-25)17-29/h3-12,15,22,26,28-31H,13-14,16-18H2,1-2H3/t22-/m0/s1. The van der Waals surface area contributed by atoms with Crippen LogP contribution >= 0.6 is 0 Å². The number of nitrogens with one attached hydrogen (secondary N) is 1. The third-order valence-electron chi connectivity index (χ3n) is 5.69. The average molecular weight is 468 g/mol. The van der Waals surface area contributed by atoms with Gasteiger partial charge in [0.1, 0.15) is 35.7 Å². The van der Waals surface area contributed by atoms with E-state index < -0.39 is 6.10 Å². The maximum absolute atomic E-state index is 10.3. The van der Waals surface area contributed by atoms with E-state index in [1.54, 1.807) is 26.4 Å². The van der Waals surface area contributed by atoms with Crippen LogP contribution in [0.15, 0.2) is 66.7 Å². The number of aliphatic hydroxyl groups excluding tert-OH is 2. The summed E-state index contributed by atoms with van der Waals surface area (Å²) in [6, 6.07) is 20.8. The van der Waals surface area contributed by atoms with Crippen LogP contribution in [0.25, 0.3) is 0 Å². The van der Waals surface area contributed by atoms with E-state index in [1.807, 2.05) is 24.3 Å². The molecule has 0 radical (unpaired) electrons. The monoisotopic (exact) mass is 467 g/mol. The van der Waals surface area contributed by atoms with Crippen LogP contribution in [0.1, 0.15) is 29.0 Å². The van der Waals surface area contributed by atoms with E-state index >= 15 is 0 Å². The molecule has 0 fully saturated rings. The lowest BCUT2D eigenvalue weighted by Gasteiger charge is -2.20. The summed E-state index contributed by atoms with van der Waals surface area (Å²) in [4.78, 5) is 0. The quantitative estimate of drug-likeness (QED) is 0.286. The Morgan fingerprint density at radius 2 is 1.38 bits per heavy atom. The number of methoxy groups -OCH3 is 2. The molecule has 0 saturated carbocycles. The molecular formula is C27H33NO6. The highest BCUT2D eigenvalue weighted by Crippen LogP contribution is 2.30. The molecule has 0 spiro atoms. The van der Waals surface area contributed by atoms with Crippen LogP contribution in [0.4, 0.5) is 0 Å². The summed E-state index contributed by atoms with van der Waals surface area (Å²) in [5.74, 6) is 2.31. The van der Waals surface area contributed by atoms with Crippen LogP contribution in [0.2, 0.25) is 0 Å². The number of aliphatic hydroxyl groups is 2. The van der Waals surface area contributed by atoms with Crippen molar-refractivity contribution in [2.45, 2.75) is 25.0 Å². The summed E-state index contributed by atoms with van der Waals surface area (Å²) in [6.07, 6.45) is 0.135. The smallest absolute Gasteiger partial charge is 0.121 e. The normalized spacial score (nSPS) is 11.9. The third-order valence-corrected chi connectivity index (χ3v) is 5.69. The first kappa shape index (κ1) is 25.4. The zero-order chi connectivity index (χ0) is 24.3. The molecular weight excluding hydrogens is 434 g/mol. The van der Waals surface area contributed by atoms with Crippen molar-refractivity contribution < 1.29 is 29.5 Å². The fourth-order valence-corrected chi connectivity index (χ4v) is 3.74. The molecule has 0 bridgehead atoms. The number of hydrogen-bond acceptors (Lipinski definition) is 7. The SMILES string of the molecule is COc1ccc(C(CCNC[C@H](O)COc2ccc(O)c(CO)c2)c2ccc(OC)cc2)cc1. The highest BCUT2D eigenvalue weighted by Gasteiger charge is 2.15. The van der Waals surface area contributed by atoms with Crippen molar-refractivity contribution in [1.29, 1.82) is 0 Å². The van der Waals surface area contributed by atoms with Gasteiger partial charge in [-0.25, -0.2) is 0 Å². The number of phenols is 1. The molecule has 3 rings (SSSR count). The van der Waals surface area contributed by atoms with Gasteiger partial charge in [-0.3, -0.25) is 0 Å². The molecule has 7 nitrogen and oxygen atoms in total. The lowest BCUT2D eigenvalue weighted by molar-refractivity contribution is 0.106. The third kappa shape index (κ3) is 7.12. The molecule has 4 N–H and O–H groups in total. The van der Waals surface area contributed by atoms with Gasteiger partial charge in [0, 0.05) is 18.0 Å². The predicted octanol–water partition coefficient (Wildman–Crippen LogP) is 3.45. The fourth-order valence-electron chi connectivity index (χ4n) is 3.74. The Kier molecular flexibility index (Phi) is 9.58. The average Bonchev–Trinajstić information content (AvgIpc) is 2.88. The van der Waals surface area contributed by atoms with Gasteiger partial charge in [0.05, 0.1) is 20.8 Å². The van der Waals surface area contributed by atoms with Crippen molar-refractivity contribution in [2.75, 3.05) is 33.9 Å². The van der Waals surface area contributed by atoms with Gasteiger partial charge in [0.2, 0.25) is 0 Å². The van der Waals surface area contributed by atoms with Gasteiger partial charge in [0.25, 0.3) is 0 Å². The van der Waals surface area contributed by atoms with Crippen LogP contribution in [-0.4, -0.2) is 55.3 Å². The lowest BCUT2D eigenvalue weighted by atomic mass is 9.88. The second kappa shape index (κ2) is 12.8. The van der Waals surface area contributed by atoms with Gasteiger partial charge >= 0.3 is 0 Å². The predicted molar refractivity (Wildman–Crippen MR) is 131 cm³/mol. The first-order valence-electron chi connectivity index (χ1n) is 11.3. The second-order valence-corrected chi connectivity index (χ2v) is 8.01. The summed E-state index contributed by atoms with van der Waals surface area (Å²) in [6.45, 7) is 0.899. The van der Waals surface area contributed by atoms with Crippen LogP contribution < -0.4 is 19.5 Å². The minimum atomic E-state index is -0.702. The van der Waals surface area contributed by atoms with Crippen molar-refractivity contribution in [3.8, 4) is 23.0 Å². The molecule has 0 aromatic heterocycles. The molecule has 3 aromatic rings. The highest BCUT2D eigenvalue weighted by molar-refractivity contribution is 5.39. The summed E-state index contributed by atoms with van der Waals surface area (Å²) in [5.41, 5.74) is 2.75. The van der Waals surface area contributed by atoms with Crippen molar-refractivity contribution >= 4 is 0 Å². The van der Waals surface area contributed by atoms with Gasteiger partial charge in [-0.15, -0.1) is 0 Å². The van der Waals surface area contributed by atoms with Crippen molar-refractivity contribution in [2.24, 2.45) is 0 Å². The molecule has 3 aromatic carbocycles. The number of rotatable bonds is 13. The second-order valence-electron chi connectivity index (χ2n) is 8.01. The molecule has 0 heterocycles. The van der Waals surface area contributed by atoms with E-state index in [-0.39, 0.29) is 24.9 Å². The largest absolute Gasteiger partial charge is 0.508 e. The number of aromatic hydroxyl groups is 1. The van der Waals surface area contributed by atoms with Gasteiger partial charge in [-0.05, 0) is 66.6 Å². The molecule has 0 aliphatic heterocycles. The lowest BCUT2D eigenvalue weighted by Crippen LogP contribution is -2.32. The van der Waals surface area contributed by atoms with Crippen molar-refractivity contribution in [3.63, 3.8) is 0 Å². The van der Waals surface area contributed by atoms with Crippen molar-refractivity contribution in [3.05, 3.63) is 83.4 Å². The summed E-state index contributed by atoms with van der Waals surface area (Å²) >= 11 is 0. The van der Waals surface area contributed by atoms with Gasteiger partial charge in [0.15, 0.2) is 0 Å². The van der Waals surface area contributed by atoms with E-state index in [9.17, 15) is 15.3 Å². The summed E-state index contributed by atoms with van der Waals surface area (Å²) in [7, 11) is 3.31. The van der Waals surface area contributed by atoms with E-state index in [0.29, 0.717) is 24.4 Å². The molecule has 0 amide bonds. The van der Waals surface area contributed by atoms with Gasteiger partial charge in [-0.1, -0.05) is 24.3 Å². The Bertz CT molecular complexity index is 959. The molecule has 7 heteroatoms. The Balaban J connectivity index is 1.53. The molecule has 1 atom stereocenters. The van der Waals surface area contributed by atoms with Gasteiger partial charge in [-0.2, -0.15) is 0 Å². The van der Waals surface area contributed by atoms with Crippen LogP contribution in [0, 0.1) is 0 Å². The Hall–Kier alpha value is -3.26. The van der Waals surface area contributed by atoms with Gasteiger partial charge < -0.3 is 34.8 Å². The first-order chi connectivity index (χ1) is 16.5. The molecule has 0 saturated heterocycles. The summed E-state index contributed by atoms with van der Waals surface area (Å²) in [5, 5.41) is 32.5. The fraction of sp³-hybridized carbons (Fsp3) is 0.333. The minimum absolute atomic E-state index is 0.0142. The number of hydrogen-bond donors (Lipinski definition) is 4. The maximum atomic E-state index is 10.3. The molecule has 0 aliphatic carbocycles. The van der Waals surface area contributed by atoms with E-state index in [0.717, 1.165) is 17.9 Å². The zero-order valence-electron chi connectivity index (χ0n) is 19.6. The Morgan fingerprint density at radius 3 is 1.91 bits per heavy atom. The summed E-state index contributed by atoms with van der Waals surface area (Å²) < 4.78 is 16.2.